The van der Waals surface area contributed by atoms with Crippen molar-refractivity contribution in [1.82, 2.24) is 0 Å². The van der Waals surface area contributed by atoms with Crippen LogP contribution in [0, 0.1) is 19.7 Å². The number of benzene rings is 2. The maximum absolute atomic E-state index is 13.6. The largest absolute Gasteiger partial charge is 0.314 e. The molecule has 0 radical (unpaired) electrons. The number of halogens is 1. The van der Waals surface area contributed by atoms with Crippen molar-refractivity contribution < 1.29 is 17.6 Å². The second-order valence-corrected chi connectivity index (χ2v) is 7.26. The van der Waals surface area contributed by atoms with Crippen molar-refractivity contribution >= 4 is 27.3 Å². The fourth-order valence-electron chi connectivity index (χ4n) is 2.35. The average Bonchev–Trinajstić information content (AvgIpc) is 2.45. The maximum Gasteiger partial charge on any atom is 0.262 e. The first-order chi connectivity index (χ1) is 11.1. The number of amides is 1. The minimum atomic E-state index is -3.91. The lowest BCUT2D eigenvalue weighted by atomic mass is 10.2. The predicted octanol–water partition coefficient (Wildman–Crippen LogP) is 3.23. The van der Waals surface area contributed by atoms with Crippen molar-refractivity contribution in [2.75, 3.05) is 16.7 Å². The molecule has 1 amide bonds. The first kappa shape index (κ1) is 17.9. The van der Waals surface area contributed by atoms with Gasteiger partial charge in [-0.1, -0.05) is 17.7 Å². The topological polar surface area (TPSA) is 66.5 Å². The monoisotopic (exact) mass is 350 g/mol. The molecule has 1 N–H and O–H groups in total. The summed E-state index contributed by atoms with van der Waals surface area (Å²) in [6.45, 7) is 4.89. The maximum atomic E-state index is 13.6. The Balaban J connectivity index is 2.50. The lowest BCUT2D eigenvalue weighted by molar-refractivity contribution is -0.116. The van der Waals surface area contributed by atoms with Gasteiger partial charge in [0.1, 0.15) is 5.82 Å². The minimum Gasteiger partial charge on any atom is -0.314 e. The quantitative estimate of drug-likeness (QED) is 0.921. The van der Waals surface area contributed by atoms with E-state index in [0.717, 1.165) is 11.6 Å². The number of nitrogens with one attached hydrogen (secondary N) is 1. The smallest absolute Gasteiger partial charge is 0.262 e. The van der Waals surface area contributed by atoms with Gasteiger partial charge in [-0.25, -0.2) is 12.8 Å². The summed E-state index contributed by atoms with van der Waals surface area (Å²) >= 11 is 0. The van der Waals surface area contributed by atoms with Crippen LogP contribution in [-0.4, -0.2) is 21.4 Å². The lowest BCUT2D eigenvalue weighted by Crippen LogP contribution is -2.25. The van der Waals surface area contributed by atoms with Crippen molar-refractivity contribution in [1.29, 1.82) is 0 Å². The Bertz CT molecular complexity index is 895. The molecule has 0 aliphatic heterocycles. The normalized spacial score (nSPS) is 11.2. The van der Waals surface area contributed by atoms with Gasteiger partial charge in [-0.2, -0.15) is 0 Å². The lowest BCUT2D eigenvalue weighted by Gasteiger charge is -2.20. The number of anilines is 2. The Morgan fingerprint density at radius 1 is 1.12 bits per heavy atom. The molecule has 5 nitrogen and oxygen atoms in total. The molecule has 24 heavy (non-hydrogen) atoms. The number of carbonyl (C=O) groups is 1. The number of carbonyl (C=O) groups excluding carboxylic acids is 1. The van der Waals surface area contributed by atoms with Crippen LogP contribution < -0.4 is 9.62 Å². The fourth-order valence-corrected chi connectivity index (χ4v) is 3.65. The number of hydrogen-bond donors (Lipinski definition) is 1. The van der Waals surface area contributed by atoms with Crippen LogP contribution in [0.3, 0.4) is 0 Å². The minimum absolute atomic E-state index is 0.00711. The van der Waals surface area contributed by atoms with Crippen LogP contribution in [0.5, 0.6) is 0 Å². The average molecular weight is 350 g/mol. The third-order valence-electron chi connectivity index (χ3n) is 3.66. The number of aryl methyl sites for hydroxylation is 2. The second kappa shape index (κ2) is 6.60. The molecule has 0 aliphatic rings. The number of nitrogens with zero attached hydrogens (tertiary/aromatic N) is 1. The van der Waals surface area contributed by atoms with E-state index in [9.17, 15) is 17.6 Å². The third-order valence-corrected chi connectivity index (χ3v) is 5.18. The summed E-state index contributed by atoms with van der Waals surface area (Å²) < 4.78 is 41.3. The van der Waals surface area contributed by atoms with Crippen LogP contribution in [0.2, 0.25) is 0 Å². The molecule has 128 valence electrons. The molecule has 2 rings (SSSR count). The van der Waals surface area contributed by atoms with Gasteiger partial charge in [-0.3, -0.25) is 9.52 Å². The van der Waals surface area contributed by atoms with Gasteiger partial charge in [-0.05, 0) is 37.6 Å². The highest BCUT2D eigenvalue weighted by Gasteiger charge is 2.20. The van der Waals surface area contributed by atoms with Crippen molar-refractivity contribution in [2.24, 2.45) is 0 Å². The van der Waals surface area contributed by atoms with Crippen molar-refractivity contribution in [3.8, 4) is 0 Å². The summed E-state index contributed by atoms with van der Waals surface area (Å²) in [7, 11) is -2.42. The molecule has 0 aliphatic carbocycles. The Morgan fingerprint density at radius 3 is 2.38 bits per heavy atom. The molecule has 0 bridgehead atoms. The van der Waals surface area contributed by atoms with E-state index in [1.165, 1.54) is 37.1 Å². The third kappa shape index (κ3) is 3.73. The molecule has 2 aromatic rings. The van der Waals surface area contributed by atoms with Crippen molar-refractivity contribution in [3.63, 3.8) is 0 Å². The van der Waals surface area contributed by atoms with Gasteiger partial charge in [0.2, 0.25) is 5.91 Å². The molecule has 0 saturated carbocycles. The molecule has 0 aromatic heterocycles. The Hall–Kier alpha value is -2.41. The molecule has 0 saturated heterocycles. The molecular weight excluding hydrogens is 331 g/mol. The van der Waals surface area contributed by atoms with Gasteiger partial charge < -0.3 is 4.90 Å². The Labute approximate surface area is 141 Å². The van der Waals surface area contributed by atoms with E-state index in [-0.39, 0.29) is 22.2 Å². The van der Waals surface area contributed by atoms with Crippen LogP contribution in [0.15, 0.2) is 41.3 Å². The van der Waals surface area contributed by atoms with E-state index >= 15 is 0 Å². The van der Waals surface area contributed by atoms with Gasteiger partial charge >= 0.3 is 0 Å². The van der Waals surface area contributed by atoms with E-state index in [1.54, 1.807) is 19.1 Å². The van der Waals surface area contributed by atoms with E-state index < -0.39 is 15.8 Å². The van der Waals surface area contributed by atoms with Gasteiger partial charge in [0.05, 0.1) is 16.3 Å². The zero-order chi connectivity index (χ0) is 18.1. The first-order valence-corrected chi connectivity index (χ1v) is 8.74. The van der Waals surface area contributed by atoms with Crippen molar-refractivity contribution in [3.05, 3.63) is 53.3 Å². The van der Waals surface area contributed by atoms with Crippen LogP contribution in [-0.2, 0) is 14.8 Å². The zero-order valence-electron chi connectivity index (χ0n) is 13.9. The molecular formula is C17H19FN2O3S. The van der Waals surface area contributed by atoms with Gasteiger partial charge in [0.25, 0.3) is 10.0 Å². The summed E-state index contributed by atoms with van der Waals surface area (Å²) in [4.78, 5) is 12.9. The van der Waals surface area contributed by atoms with Crippen molar-refractivity contribution in [2.45, 2.75) is 25.7 Å². The summed E-state index contributed by atoms with van der Waals surface area (Å²) in [6, 6.07) is 8.52. The summed E-state index contributed by atoms with van der Waals surface area (Å²) in [6.07, 6.45) is 0. The zero-order valence-corrected chi connectivity index (χ0v) is 14.7. The summed E-state index contributed by atoms with van der Waals surface area (Å²) in [5, 5.41) is 0. The SMILES string of the molecule is CC(=O)N(C)c1ccc(F)cc1NS(=O)(=O)c1ccc(C)cc1C. The van der Waals surface area contributed by atoms with E-state index in [2.05, 4.69) is 4.72 Å². The summed E-state index contributed by atoms with van der Waals surface area (Å²) in [5.41, 5.74) is 1.81. The molecule has 0 heterocycles. The number of rotatable bonds is 4. The fraction of sp³-hybridized carbons (Fsp3) is 0.235. The van der Waals surface area contributed by atoms with Crippen LogP contribution in [0.1, 0.15) is 18.1 Å². The summed E-state index contributed by atoms with van der Waals surface area (Å²) in [5.74, 6) is -0.900. The van der Waals surface area contributed by atoms with E-state index in [0.29, 0.717) is 5.56 Å². The highest BCUT2D eigenvalue weighted by atomic mass is 32.2. The van der Waals surface area contributed by atoms with Crippen LogP contribution >= 0.6 is 0 Å². The van der Waals surface area contributed by atoms with Crippen LogP contribution in [0.4, 0.5) is 15.8 Å². The molecule has 0 fully saturated rings. The Morgan fingerprint density at radius 2 is 1.79 bits per heavy atom. The van der Waals surface area contributed by atoms with E-state index in [1.807, 2.05) is 6.92 Å². The number of hydrogen-bond acceptors (Lipinski definition) is 3. The van der Waals surface area contributed by atoms with Gasteiger partial charge in [-0.15, -0.1) is 0 Å². The van der Waals surface area contributed by atoms with Gasteiger partial charge in [0.15, 0.2) is 0 Å². The molecule has 0 unspecified atom stereocenters. The van der Waals surface area contributed by atoms with Crippen LogP contribution in [0.25, 0.3) is 0 Å². The number of sulfonamides is 1. The highest BCUT2D eigenvalue weighted by molar-refractivity contribution is 7.92. The molecule has 2 aromatic carbocycles. The molecule has 0 atom stereocenters. The highest BCUT2D eigenvalue weighted by Crippen LogP contribution is 2.29. The molecule has 7 heteroatoms. The predicted molar refractivity (Wildman–Crippen MR) is 92.2 cm³/mol. The first-order valence-electron chi connectivity index (χ1n) is 7.26. The van der Waals surface area contributed by atoms with E-state index in [4.69, 9.17) is 0 Å². The Kier molecular flexibility index (Phi) is 4.94. The van der Waals surface area contributed by atoms with Gasteiger partial charge in [0, 0.05) is 20.0 Å². The second-order valence-electron chi connectivity index (χ2n) is 5.61. The molecule has 0 spiro atoms. The standard InChI is InChI=1S/C17H19FN2O3S/c1-11-5-8-17(12(2)9-11)24(22,23)19-15-10-14(18)6-7-16(15)20(4)13(3)21/h5-10,19H,1-4H3.